The summed E-state index contributed by atoms with van der Waals surface area (Å²) < 4.78 is 5.38. The van der Waals surface area contributed by atoms with Gasteiger partial charge >= 0.3 is 5.97 Å². The number of aliphatic carboxylic acids is 1. The topological polar surface area (TPSA) is 66.8 Å². The van der Waals surface area contributed by atoms with Crippen LogP contribution in [0.4, 0.5) is 0 Å². The first-order valence-corrected chi connectivity index (χ1v) is 7.26. The van der Waals surface area contributed by atoms with Crippen molar-refractivity contribution < 1.29 is 19.4 Å². The zero-order chi connectivity index (χ0) is 13.4. The molecule has 5 heteroatoms. The minimum atomic E-state index is -0.821. The van der Waals surface area contributed by atoms with E-state index in [0.29, 0.717) is 18.3 Å². The second-order valence-corrected chi connectivity index (χ2v) is 6.07. The van der Waals surface area contributed by atoms with E-state index in [0.717, 1.165) is 45.6 Å². The molecule has 3 rings (SSSR count). The molecule has 2 saturated heterocycles. The summed E-state index contributed by atoms with van der Waals surface area (Å²) in [7, 11) is 0. The van der Waals surface area contributed by atoms with Gasteiger partial charge in [0.2, 0.25) is 5.91 Å². The molecule has 106 valence electrons. The van der Waals surface area contributed by atoms with Gasteiger partial charge in [0.05, 0.1) is 11.8 Å². The number of hydrogen-bond acceptors (Lipinski definition) is 3. The summed E-state index contributed by atoms with van der Waals surface area (Å²) in [5.41, 5.74) is 0. The second kappa shape index (κ2) is 5.12. The summed E-state index contributed by atoms with van der Waals surface area (Å²) in [6, 6.07) is 0. The van der Waals surface area contributed by atoms with Gasteiger partial charge in [-0.05, 0) is 37.5 Å². The van der Waals surface area contributed by atoms with Crippen LogP contribution in [0.2, 0.25) is 0 Å². The van der Waals surface area contributed by atoms with E-state index in [1.807, 2.05) is 4.90 Å². The van der Waals surface area contributed by atoms with Crippen molar-refractivity contribution in [2.75, 3.05) is 26.3 Å². The lowest BCUT2D eigenvalue weighted by Crippen LogP contribution is -2.32. The molecule has 2 aliphatic heterocycles. The highest BCUT2D eigenvalue weighted by Gasteiger charge is 2.50. The predicted molar refractivity (Wildman–Crippen MR) is 67.5 cm³/mol. The van der Waals surface area contributed by atoms with E-state index in [4.69, 9.17) is 9.84 Å². The van der Waals surface area contributed by atoms with E-state index in [1.54, 1.807) is 0 Å². The van der Waals surface area contributed by atoms with Crippen molar-refractivity contribution in [1.82, 2.24) is 4.90 Å². The minimum Gasteiger partial charge on any atom is -0.481 e. The van der Waals surface area contributed by atoms with E-state index in [1.165, 1.54) is 0 Å². The van der Waals surface area contributed by atoms with Gasteiger partial charge in [0, 0.05) is 26.3 Å². The normalized spacial score (nSPS) is 35.4. The van der Waals surface area contributed by atoms with Crippen LogP contribution in [0.15, 0.2) is 0 Å². The molecule has 0 aromatic heterocycles. The summed E-state index contributed by atoms with van der Waals surface area (Å²) in [5, 5.41) is 8.89. The van der Waals surface area contributed by atoms with Crippen molar-refractivity contribution >= 4 is 11.9 Å². The van der Waals surface area contributed by atoms with E-state index in [2.05, 4.69) is 0 Å². The smallest absolute Gasteiger partial charge is 0.307 e. The molecule has 0 spiro atoms. The first kappa shape index (κ1) is 12.9. The van der Waals surface area contributed by atoms with Crippen molar-refractivity contribution in [3.8, 4) is 0 Å². The Morgan fingerprint density at radius 3 is 2.42 bits per heavy atom. The van der Waals surface area contributed by atoms with Crippen LogP contribution in [-0.4, -0.2) is 48.2 Å². The lowest BCUT2D eigenvalue weighted by atomic mass is 9.85. The largest absolute Gasteiger partial charge is 0.481 e. The van der Waals surface area contributed by atoms with Gasteiger partial charge in [-0.1, -0.05) is 0 Å². The standard InChI is InChI=1S/C14H21NO4/c16-13(11-7-12(11)14(17)18)15-4-1-10(8-15)9-2-5-19-6-3-9/h9-12H,1-8H2,(H,17,18). The summed E-state index contributed by atoms with van der Waals surface area (Å²) >= 11 is 0. The van der Waals surface area contributed by atoms with E-state index in [9.17, 15) is 9.59 Å². The maximum atomic E-state index is 12.2. The van der Waals surface area contributed by atoms with Crippen LogP contribution in [-0.2, 0) is 14.3 Å². The fraction of sp³-hybridized carbons (Fsp3) is 0.857. The maximum absolute atomic E-state index is 12.2. The highest BCUT2D eigenvalue weighted by atomic mass is 16.5. The number of carboxylic acid groups (broad SMARTS) is 1. The van der Waals surface area contributed by atoms with Crippen molar-refractivity contribution in [3.63, 3.8) is 0 Å². The third-order valence-corrected chi connectivity index (χ3v) is 4.89. The summed E-state index contributed by atoms with van der Waals surface area (Å²) in [4.78, 5) is 24.9. The first-order chi connectivity index (χ1) is 9.16. The SMILES string of the molecule is O=C(O)C1CC1C(=O)N1CCC(C2CCOCC2)C1. The van der Waals surface area contributed by atoms with E-state index < -0.39 is 11.9 Å². The molecule has 3 atom stereocenters. The van der Waals surface area contributed by atoms with Crippen LogP contribution in [0, 0.1) is 23.7 Å². The summed E-state index contributed by atoms with van der Waals surface area (Å²) in [6.07, 6.45) is 3.81. The van der Waals surface area contributed by atoms with Gasteiger partial charge in [-0.25, -0.2) is 0 Å². The molecule has 5 nitrogen and oxygen atoms in total. The number of nitrogens with zero attached hydrogens (tertiary/aromatic N) is 1. The number of rotatable bonds is 3. The molecule has 3 aliphatic rings. The fourth-order valence-electron chi connectivity index (χ4n) is 3.53. The number of carboxylic acids is 1. The summed E-state index contributed by atoms with van der Waals surface area (Å²) in [5.74, 6) is -0.142. The number of ether oxygens (including phenoxy) is 1. The van der Waals surface area contributed by atoms with Gasteiger partial charge in [0.15, 0.2) is 0 Å². The van der Waals surface area contributed by atoms with Gasteiger partial charge in [-0.3, -0.25) is 9.59 Å². The quantitative estimate of drug-likeness (QED) is 0.828. The number of likely N-dealkylation sites (tertiary alicyclic amines) is 1. The third-order valence-electron chi connectivity index (χ3n) is 4.89. The van der Waals surface area contributed by atoms with Crippen LogP contribution < -0.4 is 0 Å². The van der Waals surface area contributed by atoms with Crippen LogP contribution in [0.5, 0.6) is 0 Å². The number of carbonyl (C=O) groups is 2. The molecule has 1 amide bonds. The van der Waals surface area contributed by atoms with Gasteiger partial charge in [-0.2, -0.15) is 0 Å². The molecule has 3 unspecified atom stereocenters. The third kappa shape index (κ3) is 2.61. The Balaban J connectivity index is 1.51. The lowest BCUT2D eigenvalue weighted by molar-refractivity contribution is -0.141. The van der Waals surface area contributed by atoms with Crippen molar-refractivity contribution in [3.05, 3.63) is 0 Å². The fourth-order valence-corrected chi connectivity index (χ4v) is 3.53. The average molecular weight is 267 g/mol. The lowest BCUT2D eigenvalue weighted by Gasteiger charge is -2.27. The van der Waals surface area contributed by atoms with Crippen LogP contribution >= 0.6 is 0 Å². The molecule has 19 heavy (non-hydrogen) atoms. The highest BCUT2D eigenvalue weighted by Crippen LogP contribution is 2.41. The first-order valence-electron chi connectivity index (χ1n) is 7.26. The Morgan fingerprint density at radius 2 is 1.79 bits per heavy atom. The van der Waals surface area contributed by atoms with Crippen LogP contribution in [0.3, 0.4) is 0 Å². The van der Waals surface area contributed by atoms with Crippen LogP contribution in [0.1, 0.15) is 25.7 Å². The molecular weight excluding hydrogens is 246 g/mol. The van der Waals surface area contributed by atoms with E-state index in [-0.39, 0.29) is 11.8 Å². The molecule has 0 radical (unpaired) electrons. The molecular formula is C14H21NO4. The zero-order valence-corrected chi connectivity index (χ0v) is 11.1. The van der Waals surface area contributed by atoms with Crippen molar-refractivity contribution in [2.45, 2.75) is 25.7 Å². The monoisotopic (exact) mass is 267 g/mol. The van der Waals surface area contributed by atoms with Gasteiger partial charge in [0.1, 0.15) is 0 Å². The van der Waals surface area contributed by atoms with E-state index >= 15 is 0 Å². The Morgan fingerprint density at radius 1 is 1.05 bits per heavy atom. The van der Waals surface area contributed by atoms with Crippen molar-refractivity contribution in [2.24, 2.45) is 23.7 Å². The molecule has 0 aromatic carbocycles. The number of hydrogen-bond donors (Lipinski definition) is 1. The molecule has 0 bridgehead atoms. The Hall–Kier alpha value is -1.10. The van der Waals surface area contributed by atoms with Gasteiger partial charge < -0.3 is 14.7 Å². The van der Waals surface area contributed by atoms with Gasteiger partial charge in [0.25, 0.3) is 0 Å². The zero-order valence-electron chi connectivity index (χ0n) is 11.1. The highest BCUT2D eigenvalue weighted by molar-refractivity contribution is 5.89. The second-order valence-electron chi connectivity index (χ2n) is 6.07. The molecule has 1 N–H and O–H groups in total. The molecule has 2 heterocycles. The average Bonchev–Trinajstić information content (AvgIpc) is 3.08. The van der Waals surface area contributed by atoms with Crippen LogP contribution in [0.25, 0.3) is 0 Å². The number of amides is 1. The Bertz CT molecular complexity index is 378. The maximum Gasteiger partial charge on any atom is 0.307 e. The van der Waals surface area contributed by atoms with Gasteiger partial charge in [-0.15, -0.1) is 0 Å². The molecule has 1 saturated carbocycles. The summed E-state index contributed by atoms with van der Waals surface area (Å²) in [6.45, 7) is 3.33. The predicted octanol–water partition coefficient (Wildman–Crippen LogP) is 0.982. The number of carbonyl (C=O) groups excluding carboxylic acids is 1. The minimum absolute atomic E-state index is 0.0713. The Labute approximate surface area is 112 Å². The molecule has 1 aliphatic carbocycles. The Kier molecular flexibility index (Phi) is 3.48. The molecule has 3 fully saturated rings. The van der Waals surface area contributed by atoms with Crippen molar-refractivity contribution in [1.29, 1.82) is 0 Å². The molecule has 0 aromatic rings.